The highest BCUT2D eigenvalue weighted by Crippen LogP contribution is 2.19. The lowest BCUT2D eigenvalue weighted by atomic mass is 10.1. The number of aryl methyl sites for hydroxylation is 3. The maximum atomic E-state index is 5.43. The predicted molar refractivity (Wildman–Crippen MR) is 102 cm³/mol. The molecule has 6 nitrogen and oxygen atoms in total. The maximum Gasteiger partial charge on any atom is 0.190 e. The third kappa shape index (κ3) is 6.14. The average Bonchev–Trinajstić information content (AvgIpc) is 3.02. The van der Waals surface area contributed by atoms with Crippen molar-refractivity contribution in [2.24, 2.45) is 4.99 Å². The van der Waals surface area contributed by atoms with Gasteiger partial charge in [-0.2, -0.15) is 5.10 Å². The molecule has 0 spiro atoms. The van der Waals surface area contributed by atoms with Gasteiger partial charge in [-0.3, -0.25) is 9.67 Å². The maximum absolute atomic E-state index is 5.43. The number of guanidine groups is 1. The predicted octanol–water partition coefficient (Wildman–Crippen LogP) is 2.31. The number of methoxy groups -OCH3 is 1. The number of aliphatic imine (C=N–C) groups is 1. The summed E-state index contributed by atoms with van der Waals surface area (Å²) >= 11 is 0. The number of aromatic nitrogens is 2. The molecule has 2 N–H and O–H groups in total. The smallest absolute Gasteiger partial charge is 0.190 e. The van der Waals surface area contributed by atoms with Crippen LogP contribution in [0.5, 0.6) is 5.75 Å². The number of nitrogens with one attached hydrogen (secondary N) is 2. The summed E-state index contributed by atoms with van der Waals surface area (Å²) in [5.41, 5.74) is 3.64. The molecule has 2 aromatic rings. The van der Waals surface area contributed by atoms with Gasteiger partial charge in [-0.25, -0.2) is 0 Å². The van der Waals surface area contributed by atoms with E-state index in [0.717, 1.165) is 44.2 Å². The molecule has 0 aliphatic heterocycles. The van der Waals surface area contributed by atoms with Gasteiger partial charge < -0.3 is 15.4 Å². The molecule has 1 aromatic carbocycles. The molecule has 2 rings (SSSR count). The van der Waals surface area contributed by atoms with Crippen LogP contribution >= 0.6 is 0 Å². The van der Waals surface area contributed by atoms with E-state index in [-0.39, 0.29) is 0 Å². The van der Waals surface area contributed by atoms with Crippen LogP contribution in [-0.4, -0.2) is 43.0 Å². The van der Waals surface area contributed by atoms with Crippen molar-refractivity contribution in [3.8, 4) is 5.75 Å². The molecule has 0 fully saturated rings. The Kier molecular flexibility index (Phi) is 7.32. The van der Waals surface area contributed by atoms with Crippen molar-refractivity contribution in [2.75, 3.05) is 27.2 Å². The topological polar surface area (TPSA) is 63.5 Å². The molecule has 1 heterocycles. The van der Waals surface area contributed by atoms with Crippen LogP contribution in [0.1, 0.15) is 23.1 Å². The van der Waals surface area contributed by atoms with E-state index in [0.29, 0.717) is 0 Å². The molecular weight excluding hydrogens is 314 g/mol. The molecule has 0 radical (unpaired) electrons. The van der Waals surface area contributed by atoms with Crippen molar-refractivity contribution in [3.05, 3.63) is 47.3 Å². The number of nitrogens with zero attached hydrogens (tertiary/aromatic N) is 3. The molecule has 136 valence electrons. The normalized spacial score (nSPS) is 11.4. The molecule has 25 heavy (non-hydrogen) atoms. The van der Waals surface area contributed by atoms with Gasteiger partial charge in [0.2, 0.25) is 0 Å². The molecule has 0 aliphatic carbocycles. The third-order valence-corrected chi connectivity index (χ3v) is 3.97. The minimum Gasteiger partial charge on any atom is -0.496 e. The van der Waals surface area contributed by atoms with E-state index < -0.39 is 0 Å². The monoisotopic (exact) mass is 343 g/mol. The van der Waals surface area contributed by atoms with Crippen molar-refractivity contribution in [2.45, 2.75) is 33.2 Å². The van der Waals surface area contributed by atoms with E-state index in [1.54, 1.807) is 14.2 Å². The van der Waals surface area contributed by atoms with Gasteiger partial charge in [0, 0.05) is 32.9 Å². The zero-order valence-electron chi connectivity index (χ0n) is 15.7. The van der Waals surface area contributed by atoms with Crippen LogP contribution in [0.3, 0.4) is 0 Å². The second-order valence-electron chi connectivity index (χ2n) is 6.13. The number of hydrogen-bond donors (Lipinski definition) is 2. The molecule has 0 amide bonds. The van der Waals surface area contributed by atoms with E-state index in [9.17, 15) is 0 Å². The van der Waals surface area contributed by atoms with Crippen molar-refractivity contribution in [1.82, 2.24) is 20.4 Å². The molecule has 0 aliphatic rings. The summed E-state index contributed by atoms with van der Waals surface area (Å²) in [6.45, 7) is 6.71. The van der Waals surface area contributed by atoms with E-state index in [2.05, 4.69) is 52.9 Å². The zero-order chi connectivity index (χ0) is 18.1. The van der Waals surface area contributed by atoms with Gasteiger partial charge in [-0.1, -0.05) is 17.7 Å². The van der Waals surface area contributed by atoms with Crippen LogP contribution in [0.15, 0.2) is 35.6 Å². The van der Waals surface area contributed by atoms with Gasteiger partial charge in [-0.05, 0) is 43.9 Å². The Morgan fingerprint density at radius 3 is 2.68 bits per heavy atom. The van der Waals surface area contributed by atoms with Gasteiger partial charge in [0.05, 0.1) is 13.3 Å². The zero-order valence-corrected chi connectivity index (χ0v) is 15.7. The van der Waals surface area contributed by atoms with Crippen LogP contribution < -0.4 is 15.4 Å². The second-order valence-corrected chi connectivity index (χ2v) is 6.13. The first kappa shape index (κ1) is 18.8. The highest BCUT2D eigenvalue weighted by Gasteiger charge is 2.04. The Balaban J connectivity index is 1.70. The Bertz CT molecular complexity index is 693. The molecule has 0 bridgehead atoms. The first-order chi connectivity index (χ1) is 12.1. The lowest BCUT2D eigenvalue weighted by molar-refractivity contribution is 0.409. The SMILES string of the molecule is CN=C(NCCCn1cc(C)cn1)NCCc1cc(C)ccc1OC. The Hall–Kier alpha value is -2.50. The highest BCUT2D eigenvalue weighted by molar-refractivity contribution is 5.79. The van der Waals surface area contributed by atoms with Gasteiger partial charge in [0.15, 0.2) is 5.96 Å². The molecule has 0 atom stereocenters. The van der Waals surface area contributed by atoms with E-state index in [4.69, 9.17) is 4.74 Å². The quantitative estimate of drug-likeness (QED) is 0.439. The summed E-state index contributed by atoms with van der Waals surface area (Å²) in [7, 11) is 3.50. The molecule has 0 unspecified atom stereocenters. The van der Waals surface area contributed by atoms with Gasteiger partial charge >= 0.3 is 0 Å². The van der Waals surface area contributed by atoms with E-state index >= 15 is 0 Å². The number of ether oxygens (including phenoxy) is 1. The summed E-state index contributed by atoms with van der Waals surface area (Å²) in [6, 6.07) is 6.26. The number of hydrogen-bond acceptors (Lipinski definition) is 3. The number of benzene rings is 1. The third-order valence-electron chi connectivity index (χ3n) is 3.97. The second kappa shape index (κ2) is 9.71. The summed E-state index contributed by atoms with van der Waals surface area (Å²) in [6.07, 6.45) is 5.82. The number of rotatable bonds is 8. The summed E-state index contributed by atoms with van der Waals surface area (Å²) < 4.78 is 7.39. The van der Waals surface area contributed by atoms with Crippen molar-refractivity contribution in [3.63, 3.8) is 0 Å². The van der Waals surface area contributed by atoms with Crippen LogP contribution in [0, 0.1) is 13.8 Å². The lowest BCUT2D eigenvalue weighted by Gasteiger charge is -2.13. The van der Waals surface area contributed by atoms with Gasteiger partial charge in [-0.15, -0.1) is 0 Å². The summed E-state index contributed by atoms with van der Waals surface area (Å²) in [5.74, 6) is 1.76. The van der Waals surface area contributed by atoms with E-state index in [1.807, 2.05) is 16.9 Å². The molecule has 1 aromatic heterocycles. The van der Waals surface area contributed by atoms with E-state index in [1.165, 1.54) is 16.7 Å². The molecular formula is C19H29N5O. The fourth-order valence-corrected chi connectivity index (χ4v) is 2.68. The van der Waals surface area contributed by atoms with Gasteiger partial charge in [0.1, 0.15) is 5.75 Å². The fraction of sp³-hybridized carbons (Fsp3) is 0.474. The Labute approximate surface area is 150 Å². The summed E-state index contributed by atoms with van der Waals surface area (Å²) in [4.78, 5) is 4.27. The molecule has 0 saturated carbocycles. The highest BCUT2D eigenvalue weighted by atomic mass is 16.5. The van der Waals surface area contributed by atoms with Crippen LogP contribution in [-0.2, 0) is 13.0 Å². The van der Waals surface area contributed by atoms with Crippen LogP contribution in [0.25, 0.3) is 0 Å². The molecule has 6 heteroatoms. The van der Waals surface area contributed by atoms with Crippen molar-refractivity contribution in [1.29, 1.82) is 0 Å². The largest absolute Gasteiger partial charge is 0.496 e. The van der Waals surface area contributed by atoms with Crippen LogP contribution in [0.2, 0.25) is 0 Å². The molecule has 0 saturated heterocycles. The van der Waals surface area contributed by atoms with Gasteiger partial charge in [0.25, 0.3) is 0 Å². The summed E-state index contributed by atoms with van der Waals surface area (Å²) in [5, 5.41) is 11.0. The minimum absolute atomic E-state index is 0.803. The standard InChI is InChI=1S/C19H29N5O/c1-15-6-7-18(25-4)17(12-15)8-10-22-19(20-3)21-9-5-11-24-14-16(2)13-23-24/h6-7,12-14H,5,8-11H2,1-4H3,(H2,20,21,22). The fourth-order valence-electron chi connectivity index (χ4n) is 2.68. The lowest BCUT2D eigenvalue weighted by Crippen LogP contribution is -2.39. The van der Waals surface area contributed by atoms with Crippen LogP contribution in [0.4, 0.5) is 0 Å². The minimum atomic E-state index is 0.803. The van der Waals surface area contributed by atoms with Crippen molar-refractivity contribution < 1.29 is 4.74 Å². The first-order valence-electron chi connectivity index (χ1n) is 8.69. The first-order valence-corrected chi connectivity index (χ1v) is 8.69. The Morgan fingerprint density at radius 2 is 2.00 bits per heavy atom. The average molecular weight is 343 g/mol. The Morgan fingerprint density at radius 1 is 1.20 bits per heavy atom. The van der Waals surface area contributed by atoms with Crippen molar-refractivity contribution >= 4 is 5.96 Å².